The number of aromatic nitrogens is 1. The molecule has 6 rings (SSSR count). The van der Waals surface area contributed by atoms with Gasteiger partial charge in [-0.1, -0.05) is 66.2 Å². The Hall–Kier alpha value is -4.60. The molecular formula is C42H44ClF3N6O3S2. The van der Waals surface area contributed by atoms with Gasteiger partial charge in [0, 0.05) is 66.3 Å². The molecule has 300 valence electrons. The maximum absolute atomic E-state index is 14.4. The molecule has 1 atom stereocenters. The van der Waals surface area contributed by atoms with Gasteiger partial charge in [-0.05, 0) is 98.3 Å². The first kappa shape index (κ1) is 42.0. The highest BCUT2D eigenvalue weighted by atomic mass is 35.5. The van der Waals surface area contributed by atoms with E-state index in [1.807, 2.05) is 90.4 Å². The minimum atomic E-state index is -4.87. The molecule has 4 aromatic carbocycles. The molecular weight excluding hydrogens is 793 g/mol. The average molecular weight is 837 g/mol. The number of pyridine rings is 1. The van der Waals surface area contributed by atoms with Crippen molar-refractivity contribution in [1.82, 2.24) is 19.5 Å². The summed E-state index contributed by atoms with van der Waals surface area (Å²) >= 11 is 7.62. The lowest BCUT2D eigenvalue weighted by Crippen LogP contribution is -2.46. The van der Waals surface area contributed by atoms with Gasteiger partial charge in [0.05, 0.1) is 16.0 Å². The molecule has 1 fully saturated rings. The fraction of sp³-hybridized carbons (Fsp3) is 0.286. The van der Waals surface area contributed by atoms with Crippen LogP contribution in [0.4, 0.5) is 24.7 Å². The number of hydrogen-bond donors (Lipinski definition) is 2. The lowest BCUT2D eigenvalue weighted by Gasteiger charge is -2.35. The van der Waals surface area contributed by atoms with Gasteiger partial charge in [-0.25, -0.2) is 18.1 Å². The smallest absolute Gasteiger partial charge is 0.381 e. The molecule has 0 saturated carbocycles. The van der Waals surface area contributed by atoms with Crippen molar-refractivity contribution in [2.45, 2.75) is 35.0 Å². The Kier molecular flexibility index (Phi) is 13.8. The van der Waals surface area contributed by atoms with E-state index < -0.39 is 32.6 Å². The number of piperazine rings is 1. The fourth-order valence-corrected chi connectivity index (χ4v) is 8.61. The van der Waals surface area contributed by atoms with E-state index in [0.29, 0.717) is 48.7 Å². The van der Waals surface area contributed by atoms with Crippen LogP contribution in [0.3, 0.4) is 0 Å². The molecule has 15 heteroatoms. The van der Waals surface area contributed by atoms with Crippen molar-refractivity contribution in [2.75, 3.05) is 62.8 Å². The molecule has 2 N–H and O–H groups in total. The lowest BCUT2D eigenvalue weighted by atomic mass is 9.99. The maximum atomic E-state index is 14.4. The Morgan fingerprint density at radius 2 is 1.61 bits per heavy atom. The average Bonchev–Trinajstić information content (AvgIpc) is 3.19. The van der Waals surface area contributed by atoms with Gasteiger partial charge in [0.15, 0.2) is 0 Å². The van der Waals surface area contributed by atoms with Crippen LogP contribution in [0.25, 0.3) is 11.1 Å². The molecule has 5 aromatic rings. The predicted octanol–water partition coefficient (Wildman–Crippen LogP) is 8.39. The van der Waals surface area contributed by atoms with Crippen molar-refractivity contribution in [2.24, 2.45) is 0 Å². The first-order valence-electron chi connectivity index (χ1n) is 18.4. The number of carbonyl (C=O) groups is 1. The zero-order chi connectivity index (χ0) is 40.6. The second-order valence-electron chi connectivity index (χ2n) is 14.0. The number of nitrogens with one attached hydrogen (secondary N) is 2. The quantitative estimate of drug-likeness (QED) is 0.101. The number of sulfonamides is 1. The third-order valence-corrected chi connectivity index (χ3v) is 12.3. The molecule has 1 aromatic heterocycles. The normalized spacial score (nSPS) is 14.4. The third kappa shape index (κ3) is 11.5. The van der Waals surface area contributed by atoms with Crippen molar-refractivity contribution >= 4 is 50.8 Å². The van der Waals surface area contributed by atoms with Crippen LogP contribution < -0.4 is 14.9 Å². The number of rotatable bonds is 15. The van der Waals surface area contributed by atoms with Gasteiger partial charge in [-0.15, -0.1) is 11.8 Å². The zero-order valence-electron chi connectivity index (χ0n) is 31.5. The molecule has 57 heavy (non-hydrogen) atoms. The van der Waals surface area contributed by atoms with Crippen LogP contribution in [-0.4, -0.2) is 87.7 Å². The van der Waals surface area contributed by atoms with Crippen molar-refractivity contribution in [3.63, 3.8) is 0 Å². The summed E-state index contributed by atoms with van der Waals surface area (Å²) in [7, 11) is -0.908. The van der Waals surface area contributed by atoms with Gasteiger partial charge in [-0.2, -0.15) is 13.2 Å². The summed E-state index contributed by atoms with van der Waals surface area (Å²) in [5.41, 5.74) is 2.02. The van der Waals surface area contributed by atoms with E-state index in [9.17, 15) is 26.4 Å². The number of benzene rings is 4. The number of alkyl halides is 3. The molecule has 1 aliphatic heterocycles. The van der Waals surface area contributed by atoms with Gasteiger partial charge in [0.1, 0.15) is 5.82 Å². The minimum absolute atomic E-state index is 0.0475. The molecule has 0 radical (unpaired) electrons. The van der Waals surface area contributed by atoms with Gasteiger partial charge >= 0.3 is 6.18 Å². The summed E-state index contributed by atoms with van der Waals surface area (Å²) < 4.78 is 71.7. The topological polar surface area (TPSA) is 97.9 Å². The summed E-state index contributed by atoms with van der Waals surface area (Å²) in [4.78, 5) is 24.2. The van der Waals surface area contributed by atoms with E-state index >= 15 is 0 Å². The van der Waals surface area contributed by atoms with E-state index in [1.54, 1.807) is 6.07 Å². The Morgan fingerprint density at radius 3 is 2.28 bits per heavy atom. The summed E-state index contributed by atoms with van der Waals surface area (Å²) in [6, 6.07) is 31.1. The molecule has 0 unspecified atom stereocenters. The van der Waals surface area contributed by atoms with Crippen LogP contribution in [-0.2, 0) is 22.7 Å². The Bertz CT molecular complexity index is 2220. The number of nitrogens with zero attached hydrogens (tertiary/aromatic N) is 4. The summed E-state index contributed by atoms with van der Waals surface area (Å²) in [5.74, 6) is 0.102. The number of halogens is 4. The molecule has 0 bridgehead atoms. The first-order chi connectivity index (χ1) is 27.2. The van der Waals surface area contributed by atoms with E-state index in [2.05, 4.69) is 32.2 Å². The summed E-state index contributed by atoms with van der Waals surface area (Å²) in [5, 5.41) is 3.70. The van der Waals surface area contributed by atoms with Crippen LogP contribution in [0.15, 0.2) is 125 Å². The van der Waals surface area contributed by atoms with E-state index in [0.717, 1.165) is 47.8 Å². The Balaban J connectivity index is 1.07. The predicted molar refractivity (Wildman–Crippen MR) is 222 cm³/mol. The van der Waals surface area contributed by atoms with Crippen LogP contribution in [0.1, 0.15) is 27.9 Å². The van der Waals surface area contributed by atoms with Crippen LogP contribution in [0.5, 0.6) is 0 Å². The summed E-state index contributed by atoms with van der Waals surface area (Å²) in [6.45, 7) is 4.31. The van der Waals surface area contributed by atoms with Crippen LogP contribution >= 0.6 is 23.4 Å². The van der Waals surface area contributed by atoms with Gasteiger partial charge in [-0.3, -0.25) is 9.69 Å². The van der Waals surface area contributed by atoms with Crippen molar-refractivity contribution in [3.8, 4) is 11.1 Å². The highest BCUT2D eigenvalue weighted by Gasteiger charge is 2.36. The third-order valence-electron chi connectivity index (χ3n) is 9.59. The molecule has 1 saturated heterocycles. The lowest BCUT2D eigenvalue weighted by molar-refractivity contribution is -0.137. The number of carbonyl (C=O) groups excluding carboxylic acids is 1. The van der Waals surface area contributed by atoms with Crippen molar-refractivity contribution < 1.29 is 26.4 Å². The number of hydrogen-bond acceptors (Lipinski definition) is 9. The molecule has 0 aliphatic carbocycles. The highest BCUT2D eigenvalue weighted by molar-refractivity contribution is 7.99. The van der Waals surface area contributed by atoms with Gasteiger partial charge in [0.2, 0.25) is 0 Å². The van der Waals surface area contributed by atoms with Crippen molar-refractivity contribution in [3.05, 3.63) is 137 Å². The molecule has 9 nitrogen and oxygen atoms in total. The van der Waals surface area contributed by atoms with Gasteiger partial charge in [0.25, 0.3) is 15.9 Å². The monoisotopic (exact) mass is 836 g/mol. The number of thioether (sulfide) groups is 1. The Morgan fingerprint density at radius 1 is 0.912 bits per heavy atom. The number of anilines is 2. The second-order valence-corrected chi connectivity index (χ2v) is 17.2. The standard InChI is InChI=1S/C42H44ClF3N6O3S2/c1-50(2)21-20-34(29-56-35-9-4-3-5-10-35)48-39-18-17-36(26-38(39)42(44,45)46)57(54,55)49-41(53)31-14-19-40(47-27-31)52-24-22-51(23-25-52)28-32-8-6-7-11-37(32)30-12-15-33(43)16-13-30/h3-19,26-27,34,48H,20-25,28-29H2,1-2H3,(H,49,53)/t34-/m1/s1. The fourth-order valence-electron chi connectivity index (χ4n) is 6.49. The first-order valence-corrected chi connectivity index (χ1v) is 21.2. The largest absolute Gasteiger partial charge is 0.418 e. The van der Waals surface area contributed by atoms with E-state index in [-0.39, 0.29) is 17.3 Å². The van der Waals surface area contributed by atoms with Crippen LogP contribution in [0.2, 0.25) is 5.02 Å². The second kappa shape index (κ2) is 18.8. The van der Waals surface area contributed by atoms with E-state index in [4.69, 9.17) is 11.6 Å². The molecule has 0 spiro atoms. The Labute approximate surface area is 341 Å². The minimum Gasteiger partial charge on any atom is -0.381 e. The zero-order valence-corrected chi connectivity index (χ0v) is 33.9. The number of amides is 1. The maximum Gasteiger partial charge on any atom is 0.418 e. The highest BCUT2D eigenvalue weighted by Crippen LogP contribution is 2.37. The van der Waals surface area contributed by atoms with Crippen molar-refractivity contribution in [1.29, 1.82) is 0 Å². The van der Waals surface area contributed by atoms with E-state index in [1.165, 1.54) is 29.6 Å². The molecule has 1 aliphatic rings. The molecule has 2 heterocycles. The van der Waals surface area contributed by atoms with Gasteiger partial charge < -0.3 is 15.1 Å². The SMILES string of the molecule is CN(C)CC[C@H](CSc1ccccc1)Nc1ccc(S(=O)(=O)NC(=O)c2ccc(N3CCN(Cc4ccccc4-c4ccc(Cl)cc4)CC3)nc2)cc1C(F)(F)F. The summed E-state index contributed by atoms with van der Waals surface area (Å²) in [6.07, 6.45) is -3.06. The van der Waals surface area contributed by atoms with Crippen LogP contribution in [0, 0.1) is 0 Å². The molecule has 1 amide bonds.